The van der Waals surface area contributed by atoms with Crippen molar-refractivity contribution in [1.29, 1.82) is 0 Å². The largest absolute Gasteiger partial charge is 0.370 e. The minimum absolute atomic E-state index is 0.0688. The molecule has 5 nitrogen and oxygen atoms in total. The van der Waals surface area contributed by atoms with Crippen LogP contribution >= 0.6 is 11.6 Å². The van der Waals surface area contributed by atoms with Gasteiger partial charge in [0.05, 0.1) is 16.8 Å². The monoisotopic (exact) mass is 296 g/mol. The number of likely N-dealkylation sites (tertiary alicyclic amines) is 1. The van der Waals surface area contributed by atoms with Gasteiger partial charge >= 0.3 is 0 Å². The fourth-order valence-electron chi connectivity index (χ4n) is 2.55. The first-order chi connectivity index (χ1) is 9.65. The quantitative estimate of drug-likeness (QED) is 0.871. The number of nitrogens with zero attached hydrogens (tertiary/aromatic N) is 2. The van der Waals surface area contributed by atoms with Crippen LogP contribution in [-0.2, 0) is 11.3 Å². The number of pyridine rings is 1. The predicted molar refractivity (Wildman–Crippen MR) is 80.9 cm³/mol. The molecule has 110 valence electrons. The number of halogens is 1. The number of hydrogen-bond donors (Lipinski definition) is 2. The van der Waals surface area contributed by atoms with E-state index in [4.69, 9.17) is 11.6 Å². The smallest absolute Gasteiger partial charge is 0.237 e. The molecule has 0 radical (unpaired) electrons. The second-order valence-electron chi connectivity index (χ2n) is 4.90. The molecule has 1 aliphatic rings. The van der Waals surface area contributed by atoms with E-state index in [1.165, 1.54) is 0 Å². The van der Waals surface area contributed by atoms with E-state index in [0.29, 0.717) is 11.6 Å². The molecule has 1 aromatic heterocycles. The molecular formula is C14H21ClN4O. The van der Waals surface area contributed by atoms with Gasteiger partial charge in [-0.15, -0.1) is 0 Å². The third kappa shape index (κ3) is 3.41. The van der Waals surface area contributed by atoms with Crippen LogP contribution in [0.4, 0.5) is 5.82 Å². The fourth-order valence-corrected chi connectivity index (χ4v) is 2.71. The van der Waals surface area contributed by atoms with Gasteiger partial charge in [-0.1, -0.05) is 11.6 Å². The number of nitrogens with one attached hydrogen (secondary N) is 2. The van der Waals surface area contributed by atoms with Crippen LogP contribution in [0.1, 0.15) is 25.5 Å². The van der Waals surface area contributed by atoms with E-state index in [-0.39, 0.29) is 11.9 Å². The number of anilines is 1. The molecule has 20 heavy (non-hydrogen) atoms. The van der Waals surface area contributed by atoms with E-state index >= 15 is 0 Å². The molecule has 1 saturated heterocycles. The topological polar surface area (TPSA) is 57.3 Å². The number of hydrogen-bond acceptors (Lipinski definition) is 4. The van der Waals surface area contributed by atoms with Crippen LogP contribution in [0.5, 0.6) is 0 Å². The minimum Gasteiger partial charge on any atom is -0.370 e. The zero-order valence-electron chi connectivity index (χ0n) is 11.9. The number of amides is 1. The Bertz CT molecular complexity index is 480. The molecule has 1 aliphatic heterocycles. The Labute approximate surface area is 124 Å². The highest BCUT2D eigenvalue weighted by Crippen LogP contribution is 2.24. The first-order valence-electron chi connectivity index (χ1n) is 7.00. The van der Waals surface area contributed by atoms with Crippen molar-refractivity contribution >= 4 is 23.3 Å². The highest BCUT2D eigenvalue weighted by molar-refractivity contribution is 6.31. The van der Waals surface area contributed by atoms with Crippen molar-refractivity contribution in [3.63, 3.8) is 0 Å². The lowest BCUT2D eigenvalue weighted by atomic mass is 10.2. The fraction of sp³-hybridized carbons (Fsp3) is 0.571. The summed E-state index contributed by atoms with van der Waals surface area (Å²) < 4.78 is 0. The number of carbonyl (C=O) groups excluding carboxylic acids is 1. The summed E-state index contributed by atoms with van der Waals surface area (Å²) in [5, 5.41) is 6.55. The van der Waals surface area contributed by atoms with Gasteiger partial charge in [0.25, 0.3) is 0 Å². The minimum atomic E-state index is -0.0688. The molecule has 0 aromatic carbocycles. The van der Waals surface area contributed by atoms with Gasteiger partial charge in [-0.25, -0.2) is 4.98 Å². The molecule has 0 bridgehead atoms. The Morgan fingerprint density at radius 3 is 3.05 bits per heavy atom. The second kappa shape index (κ2) is 6.90. The summed E-state index contributed by atoms with van der Waals surface area (Å²) in [4.78, 5) is 18.5. The molecular weight excluding hydrogens is 276 g/mol. The molecule has 1 unspecified atom stereocenters. The van der Waals surface area contributed by atoms with Gasteiger partial charge in [0.15, 0.2) is 0 Å². The molecule has 1 fully saturated rings. The van der Waals surface area contributed by atoms with Crippen LogP contribution in [0.15, 0.2) is 12.1 Å². The maximum Gasteiger partial charge on any atom is 0.237 e. The Morgan fingerprint density at radius 1 is 1.55 bits per heavy atom. The SMILES string of the molecule is CCNc1ccc(Cl)c(CN2CCCC2C(=O)NC)n1. The highest BCUT2D eigenvalue weighted by atomic mass is 35.5. The molecule has 1 amide bonds. The van der Waals surface area contributed by atoms with Gasteiger partial charge in [-0.3, -0.25) is 9.69 Å². The standard InChI is InChI=1S/C14H21ClN4O/c1-3-17-13-7-6-10(15)11(18-13)9-19-8-4-5-12(19)14(20)16-2/h6-7,12H,3-5,8-9H2,1-2H3,(H,16,20)(H,17,18). The Balaban J connectivity index is 2.12. The predicted octanol–water partition coefficient (Wildman–Crippen LogP) is 1.88. The van der Waals surface area contributed by atoms with Crippen LogP contribution in [-0.4, -0.2) is 42.0 Å². The first kappa shape index (κ1) is 15.1. The lowest BCUT2D eigenvalue weighted by molar-refractivity contribution is -0.125. The molecule has 1 atom stereocenters. The molecule has 2 N–H and O–H groups in total. The zero-order valence-corrected chi connectivity index (χ0v) is 12.7. The van der Waals surface area contributed by atoms with Crippen LogP contribution in [0.2, 0.25) is 5.02 Å². The van der Waals surface area contributed by atoms with Gasteiger partial charge < -0.3 is 10.6 Å². The molecule has 0 spiro atoms. The first-order valence-corrected chi connectivity index (χ1v) is 7.38. The molecule has 1 aromatic rings. The van der Waals surface area contributed by atoms with Crippen molar-refractivity contribution in [3.05, 3.63) is 22.8 Å². The Morgan fingerprint density at radius 2 is 2.35 bits per heavy atom. The molecule has 2 rings (SSSR count). The summed E-state index contributed by atoms with van der Waals surface area (Å²) in [7, 11) is 1.68. The molecule has 6 heteroatoms. The summed E-state index contributed by atoms with van der Waals surface area (Å²) in [6.07, 6.45) is 1.92. The van der Waals surface area contributed by atoms with E-state index < -0.39 is 0 Å². The van der Waals surface area contributed by atoms with Gasteiger partial charge in [-0.2, -0.15) is 0 Å². The lowest BCUT2D eigenvalue weighted by Gasteiger charge is -2.23. The normalized spacial score (nSPS) is 19.1. The van der Waals surface area contributed by atoms with Crippen molar-refractivity contribution < 1.29 is 4.79 Å². The summed E-state index contributed by atoms with van der Waals surface area (Å²) in [6, 6.07) is 3.66. The molecule has 0 saturated carbocycles. The maximum atomic E-state index is 11.9. The van der Waals surface area contributed by atoms with E-state index in [1.807, 2.05) is 19.1 Å². The summed E-state index contributed by atoms with van der Waals surface area (Å²) in [5.41, 5.74) is 0.820. The number of rotatable bonds is 5. The third-order valence-corrected chi connectivity index (χ3v) is 3.89. The average molecular weight is 297 g/mol. The Kier molecular flexibility index (Phi) is 5.20. The maximum absolute atomic E-state index is 11.9. The van der Waals surface area contributed by atoms with Gasteiger partial charge in [0.1, 0.15) is 5.82 Å². The average Bonchev–Trinajstić information content (AvgIpc) is 2.90. The van der Waals surface area contributed by atoms with Gasteiger partial charge in [0.2, 0.25) is 5.91 Å². The van der Waals surface area contributed by atoms with Gasteiger partial charge in [0, 0.05) is 20.1 Å². The van der Waals surface area contributed by atoms with Crippen molar-refractivity contribution in [2.45, 2.75) is 32.4 Å². The van der Waals surface area contributed by atoms with E-state index in [0.717, 1.165) is 37.4 Å². The van der Waals surface area contributed by atoms with Crippen molar-refractivity contribution in [2.24, 2.45) is 0 Å². The van der Waals surface area contributed by atoms with Crippen molar-refractivity contribution in [1.82, 2.24) is 15.2 Å². The molecule has 0 aliphatic carbocycles. The van der Waals surface area contributed by atoms with Crippen molar-refractivity contribution in [2.75, 3.05) is 25.5 Å². The Hall–Kier alpha value is -1.33. The second-order valence-corrected chi connectivity index (χ2v) is 5.31. The van der Waals surface area contributed by atoms with Crippen molar-refractivity contribution in [3.8, 4) is 0 Å². The van der Waals surface area contributed by atoms with Gasteiger partial charge in [-0.05, 0) is 38.4 Å². The third-order valence-electron chi connectivity index (χ3n) is 3.54. The summed E-state index contributed by atoms with van der Waals surface area (Å²) in [6.45, 7) is 4.36. The van der Waals surface area contributed by atoms with Crippen LogP contribution in [0, 0.1) is 0 Å². The summed E-state index contributed by atoms with van der Waals surface area (Å²) in [5.74, 6) is 0.893. The zero-order chi connectivity index (χ0) is 14.5. The number of aromatic nitrogens is 1. The van der Waals surface area contributed by atoms with E-state index in [9.17, 15) is 4.79 Å². The van der Waals surface area contributed by atoms with Crippen LogP contribution < -0.4 is 10.6 Å². The van der Waals surface area contributed by atoms with E-state index in [2.05, 4.69) is 20.5 Å². The number of likely N-dealkylation sites (N-methyl/N-ethyl adjacent to an activating group) is 1. The number of carbonyl (C=O) groups is 1. The lowest BCUT2D eigenvalue weighted by Crippen LogP contribution is -2.41. The molecule has 2 heterocycles. The highest BCUT2D eigenvalue weighted by Gasteiger charge is 2.30. The van der Waals surface area contributed by atoms with E-state index in [1.54, 1.807) is 7.05 Å². The van der Waals surface area contributed by atoms with Crippen LogP contribution in [0.3, 0.4) is 0 Å². The van der Waals surface area contributed by atoms with Crippen LogP contribution in [0.25, 0.3) is 0 Å². The summed E-state index contributed by atoms with van der Waals surface area (Å²) >= 11 is 6.22.